The molecular weight excluding hydrogens is 397 g/mol. The van der Waals surface area contributed by atoms with Gasteiger partial charge in [0.15, 0.2) is 11.6 Å². The number of carbonyl (C=O) groups excluding carboxylic acids is 1. The van der Waals surface area contributed by atoms with Gasteiger partial charge < -0.3 is 5.32 Å². The van der Waals surface area contributed by atoms with Crippen LogP contribution in [-0.4, -0.2) is 27.1 Å². The van der Waals surface area contributed by atoms with E-state index in [2.05, 4.69) is 5.32 Å². The predicted octanol–water partition coefficient (Wildman–Crippen LogP) is 3.68. The number of hydrogen-bond acceptors (Lipinski definition) is 3. The molecule has 134 valence electrons. The molecule has 1 N–H and O–H groups in total. The van der Waals surface area contributed by atoms with Gasteiger partial charge in [-0.2, -0.15) is 0 Å². The molecule has 0 aromatic heterocycles. The van der Waals surface area contributed by atoms with Gasteiger partial charge in [-0.25, -0.2) is 17.2 Å². The molecular formula is C15H12Cl2F2N2O3S. The highest BCUT2D eigenvalue weighted by atomic mass is 35.5. The molecule has 0 atom stereocenters. The summed E-state index contributed by atoms with van der Waals surface area (Å²) in [5, 5.41) is 2.94. The minimum Gasteiger partial charge on any atom is -0.323 e. The number of nitrogens with zero attached hydrogens (tertiary/aromatic N) is 1. The number of amides is 1. The minimum atomic E-state index is -3.93. The van der Waals surface area contributed by atoms with Crippen LogP contribution in [0, 0.1) is 11.6 Å². The number of nitrogens with one attached hydrogen (secondary N) is 1. The first kappa shape index (κ1) is 19.4. The van der Waals surface area contributed by atoms with Crippen molar-refractivity contribution in [2.75, 3.05) is 22.4 Å². The lowest BCUT2D eigenvalue weighted by Crippen LogP contribution is -2.37. The maximum absolute atomic E-state index is 13.4. The average molecular weight is 409 g/mol. The Kier molecular flexibility index (Phi) is 5.87. The first-order valence-electron chi connectivity index (χ1n) is 6.75. The standard InChI is InChI=1S/C15H12Cl2F2N2O3S/c1-25(23,24)21(10-3-5-12(18)13(19)7-10)8-15(22)20-14-6-9(16)2-4-11(14)17/h2-7H,8H2,1H3,(H,20,22). The fourth-order valence-electron chi connectivity index (χ4n) is 1.95. The highest BCUT2D eigenvalue weighted by molar-refractivity contribution is 7.92. The monoisotopic (exact) mass is 408 g/mol. The first-order valence-corrected chi connectivity index (χ1v) is 9.36. The Morgan fingerprint density at radius 2 is 1.80 bits per heavy atom. The molecule has 2 rings (SSSR count). The molecule has 0 heterocycles. The molecule has 10 heteroatoms. The van der Waals surface area contributed by atoms with Gasteiger partial charge in [-0.15, -0.1) is 0 Å². The Labute approximate surface area is 153 Å². The first-order chi connectivity index (χ1) is 11.6. The van der Waals surface area contributed by atoms with Crippen molar-refractivity contribution in [2.24, 2.45) is 0 Å². The Hall–Kier alpha value is -1.90. The van der Waals surface area contributed by atoms with Gasteiger partial charge in [-0.3, -0.25) is 9.10 Å². The molecule has 2 aromatic carbocycles. The van der Waals surface area contributed by atoms with Crippen LogP contribution < -0.4 is 9.62 Å². The van der Waals surface area contributed by atoms with Gasteiger partial charge in [0.25, 0.3) is 0 Å². The van der Waals surface area contributed by atoms with Crippen molar-refractivity contribution in [3.63, 3.8) is 0 Å². The Balaban J connectivity index is 2.27. The third kappa shape index (κ3) is 5.04. The van der Waals surface area contributed by atoms with Crippen molar-refractivity contribution in [3.8, 4) is 0 Å². The van der Waals surface area contributed by atoms with Crippen LogP contribution in [-0.2, 0) is 14.8 Å². The van der Waals surface area contributed by atoms with E-state index < -0.39 is 34.1 Å². The van der Waals surface area contributed by atoms with Crippen LogP contribution in [0.4, 0.5) is 20.2 Å². The Morgan fingerprint density at radius 3 is 2.40 bits per heavy atom. The lowest BCUT2D eigenvalue weighted by molar-refractivity contribution is -0.114. The molecule has 2 aromatic rings. The Bertz CT molecular complexity index is 923. The van der Waals surface area contributed by atoms with E-state index in [1.807, 2.05) is 0 Å². The van der Waals surface area contributed by atoms with Crippen LogP contribution in [0.1, 0.15) is 0 Å². The highest BCUT2D eigenvalue weighted by Gasteiger charge is 2.22. The van der Waals surface area contributed by atoms with E-state index in [4.69, 9.17) is 23.2 Å². The van der Waals surface area contributed by atoms with Crippen LogP contribution in [0.3, 0.4) is 0 Å². The molecule has 0 fully saturated rings. The minimum absolute atomic E-state index is 0.186. The largest absolute Gasteiger partial charge is 0.323 e. The molecule has 0 saturated heterocycles. The van der Waals surface area contributed by atoms with E-state index in [1.54, 1.807) is 0 Å². The molecule has 5 nitrogen and oxygen atoms in total. The predicted molar refractivity (Wildman–Crippen MR) is 93.6 cm³/mol. The summed E-state index contributed by atoms with van der Waals surface area (Å²) in [6.45, 7) is -0.660. The molecule has 25 heavy (non-hydrogen) atoms. The van der Waals surface area contributed by atoms with Crippen molar-refractivity contribution in [1.29, 1.82) is 0 Å². The number of rotatable bonds is 5. The van der Waals surface area contributed by atoms with Crippen molar-refractivity contribution < 1.29 is 22.0 Å². The molecule has 0 radical (unpaired) electrons. The lowest BCUT2D eigenvalue weighted by atomic mass is 10.3. The summed E-state index contributed by atoms with van der Waals surface area (Å²) >= 11 is 11.7. The maximum atomic E-state index is 13.4. The lowest BCUT2D eigenvalue weighted by Gasteiger charge is -2.22. The van der Waals surface area contributed by atoms with Crippen molar-refractivity contribution in [3.05, 3.63) is 58.1 Å². The van der Waals surface area contributed by atoms with E-state index in [-0.39, 0.29) is 16.4 Å². The summed E-state index contributed by atoms with van der Waals surface area (Å²) in [7, 11) is -3.93. The average Bonchev–Trinajstić information content (AvgIpc) is 2.50. The Morgan fingerprint density at radius 1 is 1.12 bits per heavy atom. The van der Waals surface area contributed by atoms with E-state index in [0.717, 1.165) is 18.4 Å². The molecule has 0 bridgehead atoms. The van der Waals surface area contributed by atoms with Crippen LogP contribution in [0.2, 0.25) is 10.0 Å². The van der Waals surface area contributed by atoms with Crippen LogP contribution in [0.5, 0.6) is 0 Å². The van der Waals surface area contributed by atoms with Crippen molar-refractivity contribution >= 4 is 50.5 Å². The van der Waals surface area contributed by atoms with E-state index in [0.29, 0.717) is 15.4 Å². The van der Waals surface area contributed by atoms with Crippen molar-refractivity contribution in [2.45, 2.75) is 0 Å². The SMILES string of the molecule is CS(=O)(=O)N(CC(=O)Nc1cc(Cl)ccc1Cl)c1ccc(F)c(F)c1. The van der Waals surface area contributed by atoms with E-state index in [1.165, 1.54) is 18.2 Å². The zero-order chi connectivity index (χ0) is 18.8. The van der Waals surface area contributed by atoms with Gasteiger partial charge in [0.1, 0.15) is 6.54 Å². The molecule has 0 aliphatic carbocycles. The van der Waals surface area contributed by atoms with Gasteiger partial charge >= 0.3 is 0 Å². The third-order valence-corrected chi connectivity index (χ3v) is 4.79. The van der Waals surface area contributed by atoms with Gasteiger partial charge in [0.2, 0.25) is 15.9 Å². The number of benzene rings is 2. The number of halogens is 4. The summed E-state index contributed by atoms with van der Waals surface area (Å²) in [6.07, 6.45) is 0.841. The van der Waals surface area contributed by atoms with Crippen LogP contribution in [0.15, 0.2) is 36.4 Å². The third-order valence-electron chi connectivity index (χ3n) is 3.08. The maximum Gasteiger partial charge on any atom is 0.245 e. The number of sulfonamides is 1. The normalized spacial score (nSPS) is 11.2. The molecule has 0 aliphatic heterocycles. The van der Waals surface area contributed by atoms with Crippen LogP contribution in [0.25, 0.3) is 0 Å². The molecule has 0 unspecified atom stereocenters. The van der Waals surface area contributed by atoms with Gasteiger partial charge in [0.05, 0.1) is 22.7 Å². The van der Waals surface area contributed by atoms with Gasteiger partial charge in [0, 0.05) is 11.1 Å². The summed E-state index contributed by atoms with van der Waals surface area (Å²) in [5.74, 6) is -3.10. The summed E-state index contributed by atoms with van der Waals surface area (Å²) in [4.78, 5) is 12.2. The van der Waals surface area contributed by atoms with Crippen LogP contribution >= 0.6 is 23.2 Å². The zero-order valence-corrected chi connectivity index (χ0v) is 15.1. The second-order valence-corrected chi connectivity index (χ2v) is 7.79. The molecule has 0 spiro atoms. The summed E-state index contributed by atoms with van der Waals surface area (Å²) in [5.41, 5.74) is 0.00615. The second-order valence-electron chi connectivity index (χ2n) is 5.04. The van der Waals surface area contributed by atoms with Crippen molar-refractivity contribution in [1.82, 2.24) is 0 Å². The molecule has 0 saturated carbocycles. The van der Waals surface area contributed by atoms with E-state index >= 15 is 0 Å². The number of anilines is 2. The molecule has 0 aliphatic rings. The van der Waals surface area contributed by atoms with E-state index in [9.17, 15) is 22.0 Å². The zero-order valence-electron chi connectivity index (χ0n) is 12.8. The fourth-order valence-corrected chi connectivity index (χ4v) is 3.14. The molecule has 1 amide bonds. The van der Waals surface area contributed by atoms with Gasteiger partial charge in [-0.05, 0) is 30.3 Å². The number of hydrogen-bond donors (Lipinski definition) is 1. The second kappa shape index (κ2) is 7.55. The summed E-state index contributed by atoms with van der Waals surface area (Å²) < 4.78 is 50.9. The fraction of sp³-hybridized carbons (Fsp3) is 0.133. The quantitative estimate of drug-likeness (QED) is 0.820. The smallest absolute Gasteiger partial charge is 0.245 e. The highest BCUT2D eigenvalue weighted by Crippen LogP contribution is 2.26. The van der Waals surface area contributed by atoms with Gasteiger partial charge in [-0.1, -0.05) is 23.2 Å². The number of carbonyl (C=O) groups is 1. The summed E-state index contributed by atoms with van der Waals surface area (Å²) in [6, 6.07) is 6.89. The topological polar surface area (TPSA) is 66.5 Å².